The average Bonchev–Trinajstić information content (AvgIpc) is 2.26. The lowest BCUT2D eigenvalue weighted by Crippen LogP contribution is -2.23. The van der Waals surface area contributed by atoms with Crippen LogP contribution < -0.4 is 0 Å². The summed E-state index contributed by atoms with van der Waals surface area (Å²) in [7, 11) is 0. The Hall–Kier alpha value is -0.920. The van der Waals surface area contributed by atoms with Crippen LogP contribution in [0, 0.1) is 11.8 Å². The number of carbonyl (C=O) groups excluding carboxylic acids is 2. The average molecular weight is 220 g/mol. The van der Waals surface area contributed by atoms with Crippen LogP contribution in [0.1, 0.15) is 51.9 Å². The molecule has 0 bridgehead atoms. The Morgan fingerprint density at radius 3 is 2.94 bits per heavy atom. The van der Waals surface area contributed by atoms with Gasteiger partial charge in [-0.25, -0.2) is 0 Å². The zero-order valence-corrected chi connectivity index (χ0v) is 10.00. The fourth-order valence-electron chi connectivity index (χ4n) is 3.00. The Labute approximate surface area is 97.1 Å². The number of Topliss-reactive ketones (excluding diaryl/α,β-unsaturated/α-hetero) is 1. The second-order valence-corrected chi connectivity index (χ2v) is 5.30. The highest BCUT2D eigenvalue weighted by atomic mass is 16.1. The Bertz CT molecular complexity index is 328. The van der Waals surface area contributed by atoms with Crippen LogP contribution in [0.5, 0.6) is 0 Å². The van der Waals surface area contributed by atoms with Crippen LogP contribution in [0.15, 0.2) is 11.6 Å². The van der Waals surface area contributed by atoms with Crippen molar-refractivity contribution in [3.05, 3.63) is 11.6 Å². The van der Waals surface area contributed by atoms with E-state index in [1.54, 1.807) is 6.92 Å². The molecule has 2 heteroatoms. The predicted octanol–water partition coefficient (Wildman–Crippen LogP) is 3.06. The molecular formula is C14H20O2. The van der Waals surface area contributed by atoms with Gasteiger partial charge in [-0.15, -0.1) is 0 Å². The van der Waals surface area contributed by atoms with Crippen molar-refractivity contribution in [1.82, 2.24) is 0 Å². The molecule has 0 amide bonds. The summed E-state index contributed by atoms with van der Waals surface area (Å²) < 4.78 is 0. The van der Waals surface area contributed by atoms with Crippen LogP contribution >= 0.6 is 0 Å². The quantitative estimate of drug-likeness (QED) is 0.732. The molecule has 0 aromatic heterocycles. The molecule has 2 nitrogen and oxygen atoms in total. The molecule has 0 aromatic carbocycles. The zero-order valence-electron chi connectivity index (χ0n) is 10.00. The maximum Gasteiger partial charge on any atom is 0.155 e. The molecule has 16 heavy (non-hydrogen) atoms. The fraction of sp³-hybridized carbons (Fsp3) is 0.714. The molecule has 0 aromatic rings. The number of hydrogen-bond donors (Lipinski definition) is 0. The lowest BCUT2D eigenvalue weighted by Gasteiger charge is -2.33. The van der Waals surface area contributed by atoms with Gasteiger partial charge in [0.15, 0.2) is 5.78 Å². The molecule has 2 atom stereocenters. The van der Waals surface area contributed by atoms with E-state index in [1.807, 2.05) is 6.08 Å². The molecule has 2 aliphatic rings. The molecule has 0 aliphatic heterocycles. The zero-order chi connectivity index (χ0) is 11.5. The minimum Gasteiger partial charge on any atom is -0.300 e. The van der Waals surface area contributed by atoms with Crippen LogP contribution in [0.3, 0.4) is 0 Å². The summed E-state index contributed by atoms with van der Waals surface area (Å²) >= 11 is 0. The Kier molecular flexibility index (Phi) is 3.57. The molecule has 1 saturated carbocycles. The first-order valence-corrected chi connectivity index (χ1v) is 6.38. The monoisotopic (exact) mass is 220 g/mol. The van der Waals surface area contributed by atoms with Gasteiger partial charge in [-0.3, -0.25) is 4.79 Å². The smallest absolute Gasteiger partial charge is 0.155 e. The van der Waals surface area contributed by atoms with Crippen LogP contribution in [0.4, 0.5) is 0 Å². The molecule has 0 saturated heterocycles. The first-order valence-electron chi connectivity index (χ1n) is 6.38. The number of carbonyl (C=O) groups is 2. The van der Waals surface area contributed by atoms with Crippen molar-refractivity contribution in [2.75, 3.05) is 0 Å². The van der Waals surface area contributed by atoms with E-state index < -0.39 is 0 Å². The first kappa shape index (κ1) is 11.6. The molecule has 1 fully saturated rings. The number of fused-ring (bicyclic) bond motifs is 1. The van der Waals surface area contributed by atoms with Gasteiger partial charge in [0.1, 0.15) is 5.78 Å². The summed E-state index contributed by atoms with van der Waals surface area (Å²) in [5, 5.41) is 0. The molecule has 0 N–H and O–H groups in total. The molecule has 0 spiro atoms. The fourth-order valence-corrected chi connectivity index (χ4v) is 3.00. The number of ketones is 2. The van der Waals surface area contributed by atoms with Crippen LogP contribution in [-0.2, 0) is 9.59 Å². The van der Waals surface area contributed by atoms with E-state index in [9.17, 15) is 9.59 Å². The molecule has 0 radical (unpaired) electrons. The van der Waals surface area contributed by atoms with Crippen molar-refractivity contribution in [3.8, 4) is 0 Å². The summed E-state index contributed by atoms with van der Waals surface area (Å²) in [6, 6.07) is 0. The third kappa shape index (κ3) is 2.81. The first-order chi connectivity index (χ1) is 7.65. The molecule has 88 valence electrons. The highest BCUT2D eigenvalue weighted by molar-refractivity contribution is 5.91. The summed E-state index contributed by atoms with van der Waals surface area (Å²) in [6.45, 7) is 1.67. The molecule has 2 aliphatic carbocycles. The summed E-state index contributed by atoms with van der Waals surface area (Å²) in [6.07, 6.45) is 8.89. The third-order valence-electron chi connectivity index (χ3n) is 3.97. The van der Waals surface area contributed by atoms with Crippen LogP contribution in [-0.4, -0.2) is 11.6 Å². The number of allylic oxidation sites excluding steroid dienone is 2. The third-order valence-corrected chi connectivity index (χ3v) is 3.97. The minimum absolute atomic E-state index is 0.306. The van der Waals surface area contributed by atoms with Crippen LogP contribution in [0.2, 0.25) is 0 Å². The molecule has 2 rings (SSSR count). The van der Waals surface area contributed by atoms with Gasteiger partial charge in [-0.1, -0.05) is 5.57 Å². The van der Waals surface area contributed by atoms with E-state index in [0.29, 0.717) is 23.4 Å². The standard InChI is InChI=1S/C14H20O2/c1-10(15)2-3-11-4-5-13-9-14(16)7-6-12(13)8-11/h9,11-12H,2-8H2,1H3. The summed E-state index contributed by atoms with van der Waals surface area (Å²) in [4.78, 5) is 22.2. The topological polar surface area (TPSA) is 34.1 Å². The lowest BCUT2D eigenvalue weighted by atomic mass is 9.72. The molecule has 0 heterocycles. The van der Waals surface area contributed by atoms with E-state index in [1.165, 1.54) is 18.4 Å². The van der Waals surface area contributed by atoms with Crippen molar-refractivity contribution < 1.29 is 9.59 Å². The van der Waals surface area contributed by atoms with Gasteiger partial charge in [-0.2, -0.15) is 0 Å². The van der Waals surface area contributed by atoms with Crippen molar-refractivity contribution in [2.45, 2.75) is 51.9 Å². The van der Waals surface area contributed by atoms with Crippen molar-refractivity contribution in [3.63, 3.8) is 0 Å². The highest BCUT2D eigenvalue weighted by Crippen LogP contribution is 2.40. The number of hydrogen-bond acceptors (Lipinski definition) is 2. The maximum absolute atomic E-state index is 11.3. The maximum atomic E-state index is 11.3. The van der Waals surface area contributed by atoms with E-state index in [4.69, 9.17) is 0 Å². The highest BCUT2D eigenvalue weighted by Gasteiger charge is 2.28. The van der Waals surface area contributed by atoms with Crippen molar-refractivity contribution >= 4 is 11.6 Å². The van der Waals surface area contributed by atoms with Gasteiger partial charge < -0.3 is 4.79 Å². The van der Waals surface area contributed by atoms with Gasteiger partial charge >= 0.3 is 0 Å². The second kappa shape index (κ2) is 4.94. The van der Waals surface area contributed by atoms with Crippen molar-refractivity contribution in [2.24, 2.45) is 11.8 Å². The van der Waals surface area contributed by atoms with E-state index in [2.05, 4.69) is 0 Å². The Morgan fingerprint density at radius 1 is 1.38 bits per heavy atom. The SMILES string of the molecule is CC(=O)CCC1CCC2=CC(=O)CCC2C1. The van der Waals surface area contributed by atoms with Gasteiger partial charge in [0.05, 0.1) is 0 Å². The Balaban J connectivity index is 1.89. The molecule has 2 unspecified atom stereocenters. The van der Waals surface area contributed by atoms with Gasteiger partial charge in [0.25, 0.3) is 0 Å². The minimum atomic E-state index is 0.306. The lowest BCUT2D eigenvalue weighted by molar-refractivity contribution is -0.117. The molecular weight excluding hydrogens is 200 g/mol. The van der Waals surface area contributed by atoms with Crippen LogP contribution in [0.25, 0.3) is 0 Å². The predicted molar refractivity (Wildman–Crippen MR) is 63.1 cm³/mol. The normalized spacial score (nSPS) is 29.6. The van der Waals surface area contributed by atoms with Gasteiger partial charge in [0.2, 0.25) is 0 Å². The van der Waals surface area contributed by atoms with Gasteiger partial charge in [-0.05, 0) is 56.9 Å². The van der Waals surface area contributed by atoms with E-state index in [-0.39, 0.29) is 0 Å². The van der Waals surface area contributed by atoms with Crippen molar-refractivity contribution in [1.29, 1.82) is 0 Å². The number of rotatable bonds is 3. The Morgan fingerprint density at radius 2 is 2.19 bits per heavy atom. The summed E-state index contributed by atoms with van der Waals surface area (Å²) in [5.41, 5.74) is 1.38. The largest absolute Gasteiger partial charge is 0.300 e. The summed E-state index contributed by atoms with van der Waals surface area (Å²) in [5.74, 6) is 1.97. The van der Waals surface area contributed by atoms with E-state index in [0.717, 1.165) is 32.1 Å². The van der Waals surface area contributed by atoms with E-state index >= 15 is 0 Å². The second-order valence-electron chi connectivity index (χ2n) is 5.30. The van der Waals surface area contributed by atoms with Gasteiger partial charge in [0, 0.05) is 12.8 Å².